The van der Waals surface area contributed by atoms with Crippen molar-refractivity contribution in [2.75, 3.05) is 0 Å². The van der Waals surface area contributed by atoms with Crippen molar-refractivity contribution in [1.29, 1.82) is 0 Å². The van der Waals surface area contributed by atoms with Gasteiger partial charge in [0.05, 0.1) is 0 Å². The Bertz CT molecular complexity index is 136. The molecule has 2 heteroatoms. The van der Waals surface area contributed by atoms with Crippen molar-refractivity contribution in [1.82, 2.24) is 0 Å². The molecular formula is C7H11BO. The van der Waals surface area contributed by atoms with Gasteiger partial charge in [-0.25, -0.2) is 0 Å². The molecule has 0 radical (unpaired) electrons. The molecule has 9 heavy (non-hydrogen) atoms. The molecule has 0 fully saturated rings. The maximum absolute atomic E-state index is 8.86. The van der Waals surface area contributed by atoms with Crippen LogP contribution in [0.1, 0.15) is 0 Å². The Labute approximate surface area is 56.5 Å². The molecule has 48 valence electrons. The third-order valence-electron chi connectivity index (χ3n) is 0.983. The fourth-order valence-corrected chi connectivity index (χ4v) is 0.331. The zero-order chi connectivity index (χ0) is 7.28. The van der Waals surface area contributed by atoms with Crippen LogP contribution in [0.15, 0.2) is 36.9 Å². The fourth-order valence-electron chi connectivity index (χ4n) is 0.331. The average Bonchev–Trinajstić information content (AvgIpc) is 1.82. The summed E-state index contributed by atoms with van der Waals surface area (Å²) < 4.78 is 0. The molecular weight excluding hydrogens is 111 g/mol. The maximum Gasteiger partial charge on any atom is 0.319 e. The van der Waals surface area contributed by atoms with Gasteiger partial charge in [0, 0.05) is 0 Å². The number of hydrogen-bond acceptors (Lipinski definition) is 1. The molecule has 1 N–H and O–H groups in total. The minimum atomic E-state index is -0.457. The molecule has 0 aliphatic carbocycles. The van der Waals surface area contributed by atoms with Crippen molar-refractivity contribution in [3.8, 4) is 0 Å². The van der Waals surface area contributed by atoms with Crippen LogP contribution in [-0.4, -0.2) is 11.9 Å². The fraction of sp³-hybridized carbons (Fsp3) is 0.143. The first kappa shape index (κ1) is 8.24. The van der Waals surface area contributed by atoms with E-state index in [0.29, 0.717) is 5.47 Å². The molecule has 0 aromatic carbocycles. The second-order valence-electron chi connectivity index (χ2n) is 1.85. The van der Waals surface area contributed by atoms with E-state index in [-0.39, 0.29) is 0 Å². The second kappa shape index (κ2) is 4.16. The van der Waals surface area contributed by atoms with Crippen LogP contribution in [-0.2, 0) is 0 Å². The second-order valence-corrected chi connectivity index (χ2v) is 1.85. The van der Waals surface area contributed by atoms with E-state index in [9.17, 15) is 0 Å². The highest BCUT2D eigenvalue weighted by molar-refractivity contribution is 6.58. The van der Waals surface area contributed by atoms with Crippen molar-refractivity contribution >= 4 is 6.92 Å². The standard InChI is InChI=1S/C7H11BO/c1-4-5-6-7(2)8(3)9/h4-6,9H,1-2H2,3H3. The largest absolute Gasteiger partial charge is 0.447 e. The van der Waals surface area contributed by atoms with Gasteiger partial charge in [-0.2, -0.15) is 0 Å². The lowest BCUT2D eigenvalue weighted by atomic mass is 9.64. The van der Waals surface area contributed by atoms with Crippen LogP contribution in [0.4, 0.5) is 0 Å². The topological polar surface area (TPSA) is 20.2 Å². The van der Waals surface area contributed by atoms with Gasteiger partial charge in [0.15, 0.2) is 0 Å². The SMILES string of the molecule is C=CC=CC(=C)B(C)O. The first-order valence-corrected chi connectivity index (χ1v) is 2.84. The molecule has 0 aliphatic rings. The van der Waals surface area contributed by atoms with E-state index in [0.717, 1.165) is 0 Å². The summed E-state index contributed by atoms with van der Waals surface area (Å²) in [5, 5.41) is 8.86. The van der Waals surface area contributed by atoms with Crippen molar-refractivity contribution in [3.05, 3.63) is 36.9 Å². The van der Waals surface area contributed by atoms with Crippen molar-refractivity contribution in [2.24, 2.45) is 0 Å². The zero-order valence-electron chi connectivity index (χ0n) is 5.67. The lowest BCUT2D eigenvalue weighted by Gasteiger charge is -1.94. The molecule has 0 spiro atoms. The van der Waals surface area contributed by atoms with Gasteiger partial charge in [0.2, 0.25) is 0 Å². The highest BCUT2D eigenvalue weighted by atomic mass is 16.2. The van der Waals surface area contributed by atoms with Gasteiger partial charge < -0.3 is 5.02 Å². The predicted molar refractivity (Wildman–Crippen MR) is 42.3 cm³/mol. The molecule has 0 unspecified atom stereocenters. The lowest BCUT2D eigenvalue weighted by Crippen LogP contribution is -2.06. The van der Waals surface area contributed by atoms with Gasteiger partial charge in [-0.15, -0.1) is 6.58 Å². The Balaban J connectivity index is 3.76. The van der Waals surface area contributed by atoms with Gasteiger partial charge >= 0.3 is 6.92 Å². The van der Waals surface area contributed by atoms with E-state index >= 15 is 0 Å². The number of hydrogen-bond donors (Lipinski definition) is 1. The highest BCUT2D eigenvalue weighted by Crippen LogP contribution is 1.95. The van der Waals surface area contributed by atoms with E-state index in [2.05, 4.69) is 13.2 Å². The van der Waals surface area contributed by atoms with E-state index in [4.69, 9.17) is 5.02 Å². The van der Waals surface area contributed by atoms with Gasteiger partial charge in [0.1, 0.15) is 0 Å². The molecule has 0 heterocycles. The van der Waals surface area contributed by atoms with Crippen LogP contribution >= 0.6 is 0 Å². The van der Waals surface area contributed by atoms with Crippen LogP contribution in [0.5, 0.6) is 0 Å². The molecule has 0 aromatic rings. The molecule has 0 aromatic heterocycles. The predicted octanol–water partition coefficient (Wildman–Crippen LogP) is 1.44. The first-order chi connectivity index (χ1) is 4.18. The molecule has 0 bridgehead atoms. The summed E-state index contributed by atoms with van der Waals surface area (Å²) in [7, 11) is 0. The van der Waals surface area contributed by atoms with Crippen LogP contribution in [0.2, 0.25) is 6.82 Å². The van der Waals surface area contributed by atoms with Crippen LogP contribution in [0.3, 0.4) is 0 Å². The smallest absolute Gasteiger partial charge is 0.319 e. The minimum Gasteiger partial charge on any atom is -0.447 e. The highest BCUT2D eigenvalue weighted by Gasteiger charge is 2.01. The summed E-state index contributed by atoms with van der Waals surface area (Å²) in [5.41, 5.74) is 0.704. The summed E-state index contributed by atoms with van der Waals surface area (Å²) in [4.78, 5) is 0. The molecule has 0 atom stereocenters. The van der Waals surface area contributed by atoms with Crippen LogP contribution in [0, 0.1) is 0 Å². The third-order valence-corrected chi connectivity index (χ3v) is 0.983. The summed E-state index contributed by atoms with van der Waals surface area (Å²) in [6, 6.07) is 0. The van der Waals surface area contributed by atoms with Crippen molar-refractivity contribution in [2.45, 2.75) is 6.82 Å². The Hall–Kier alpha value is -0.755. The van der Waals surface area contributed by atoms with E-state index < -0.39 is 6.92 Å². The monoisotopic (exact) mass is 122 g/mol. The Morgan fingerprint density at radius 1 is 1.67 bits per heavy atom. The molecule has 1 nitrogen and oxygen atoms in total. The summed E-state index contributed by atoms with van der Waals surface area (Å²) >= 11 is 0. The Kier molecular flexibility index (Phi) is 3.81. The number of allylic oxidation sites excluding steroid dienone is 4. The Morgan fingerprint density at radius 2 is 2.22 bits per heavy atom. The van der Waals surface area contributed by atoms with Gasteiger partial charge in [-0.05, 0) is 0 Å². The number of rotatable bonds is 3. The van der Waals surface area contributed by atoms with E-state index in [1.54, 1.807) is 25.1 Å². The van der Waals surface area contributed by atoms with Gasteiger partial charge in [0.25, 0.3) is 0 Å². The summed E-state index contributed by atoms with van der Waals surface area (Å²) in [5.74, 6) is 0. The molecule has 0 saturated carbocycles. The van der Waals surface area contributed by atoms with Gasteiger partial charge in [-0.1, -0.05) is 37.1 Å². The lowest BCUT2D eigenvalue weighted by molar-refractivity contribution is 0.590. The van der Waals surface area contributed by atoms with Gasteiger partial charge in [-0.3, -0.25) is 0 Å². The molecule has 0 aliphatic heterocycles. The summed E-state index contributed by atoms with van der Waals surface area (Å²) in [6.45, 7) is 8.31. The van der Waals surface area contributed by atoms with E-state index in [1.807, 2.05) is 0 Å². The van der Waals surface area contributed by atoms with Crippen LogP contribution in [0.25, 0.3) is 0 Å². The molecule has 0 rings (SSSR count). The quantitative estimate of drug-likeness (QED) is 0.443. The average molecular weight is 122 g/mol. The molecule has 0 amide bonds. The maximum atomic E-state index is 8.86. The normalized spacial score (nSPS) is 9.56. The first-order valence-electron chi connectivity index (χ1n) is 2.84. The summed E-state index contributed by atoms with van der Waals surface area (Å²) in [6.07, 6.45) is 5.13. The third kappa shape index (κ3) is 3.80. The Morgan fingerprint density at radius 3 is 2.56 bits per heavy atom. The van der Waals surface area contributed by atoms with Crippen molar-refractivity contribution < 1.29 is 5.02 Å². The van der Waals surface area contributed by atoms with Crippen molar-refractivity contribution in [3.63, 3.8) is 0 Å². The van der Waals surface area contributed by atoms with E-state index in [1.165, 1.54) is 0 Å². The minimum absolute atomic E-state index is 0.457. The molecule has 0 saturated heterocycles. The zero-order valence-corrected chi connectivity index (χ0v) is 5.67. The van der Waals surface area contributed by atoms with Crippen LogP contribution < -0.4 is 0 Å².